The minimum absolute atomic E-state index is 0.191. The fourth-order valence-corrected chi connectivity index (χ4v) is 2.74. The molecule has 1 rings (SSSR count). The quantitative estimate of drug-likeness (QED) is 0.577. The Morgan fingerprint density at radius 3 is 2.65 bits per heavy atom. The van der Waals surface area contributed by atoms with Crippen molar-refractivity contribution in [3.8, 4) is 0 Å². The third-order valence-electron chi connectivity index (χ3n) is 4.13. The highest BCUT2D eigenvalue weighted by molar-refractivity contribution is 5.81. The lowest BCUT2D eigenvalue weighted by molar-refractivity contribution is -0.151. The molecule has 1 fully saturated rings. The lowest BCUT2D eigenvalue weighted by Gasteiger charge is -2.29. The molecule has 0 radical (unpaired) electrons. The van der Waals surface area contributed by atoms with E-state index in [1.807, 2.05) is 6.92 Å². The maximum atomic E-state index is 12.0. The highest BCUT2D eigenvalue weighted by Gasteiger charge is 2.46. The average molecular weight is 285 g/mol. The Morgan fingerprint density at radius 1 is 1.35 bits per heavy atom. The first-order chi connectivity index (χ1) is 9.29. The van der Waals surface area contributed by atoms with E-state index in [4.69, 9.17) is 15.2 Å². The summed E-state index contributed by atoms with van der Waals surface area (Å²) >= 11 is 0. The number of hydrogen-bond donors (Lipinski definition) is 1. The van der Waals surface area contributed by atoms with Crippen LogP contribution in [-0.2, 0) is 14.3 Å². The highest BCUT2D eigenvalue weighted by atomic mass is 16.5. The van der Waals surface area contributed by atoms with Crippen LogP contribution in [0.25, 0.3) is 0 Å². The van der Waals surface area contributed by atoms with Gasteiger partial charge in [0.05, 0.1) is 6.61 Å². The van der Waals surface area contributed by atoms with Crippen molar-refractivity contribution < 1.29 is 14.3 Å². The minimum Gasteiger partial charge on any atom is -0.465 e. The standard InChI is InChI=1S/C16H31NO3/c1-5-20-14(18)16(17)9-6-7-13(16)8-11-19-12-10-15(2,3)4/h13H,5-12,17H2,1-4H3. The van der Waals surface area contributed by atoms with Crippen LogP contribution in [0, 0.1) is 11.3 Å². The number of ether oxygens (including phenoxy) is 2. The molecule has 0 aromatic carbocycles. The molecule has 0 heterocycles. The Hall–Kier alpha value is -0.610. The van der Waals surface area contributed by atoms with Crippen molar-refractivity contribution in [2.45, 2.75) is 65.3 Å². The third-order valence-corrected chi connectivity index (χ3v) is 4.13. The fraction of sp³-hybridized carbons (Fsp3) is 0.938. The van der Waals surface area contributed by atoms with E-state index in [-0.39, 0.29) is 11.9 Å². The largest absolute Gasteiger partial charge is 0.465 e. The highest BCUT2D eigenvalue weighted by Crippen LogP contribution is 2.37. The van der Waals surface area contributed by atoms with Gasteiger partial charge in [-0.1, -0.05) is 27.2 Å². The molecular weight excluding hydrogens is 254 g/mol. The molecule has 1 aliphatic carbocycles. The summed E-state index contributed by atoms with van der Waals surface area (Å²) in [6.45, 7) is 10.3. The van der Waals surface area contributed by atoms with Crippen molar-refractivity contribution in [1.82, 2.24) is 0 Å². The zero-order valence-corrected chi connectivity index (χ0v) is 13.5. The van der Waals surface area contributed by atoms with E-state index in [0.717, 1.165) is 38.7 Å². The number of carbonyl (C=O) groups excluding carboxylic acids is 1. The van der Waals surface area contributed by atoms with Gasteiger partial charge in [0, 0.05) is 13.2 Å². The van der Waals surface area contributed by atoms with E-state index >= 15 is 0 Å². The van der Waals surface area contributed by atoms with Gasteiger partial charge in [0.15, 0.2) is 0 Å². The van der Waals surface area contributed by atoms with Crippen LogP contribution >= 0.6 is 0 Å². The van der Waals surface area contributed by atoms with Gasteiger partial charge in [0.25, 0.3) is 0 Å². The van der Waals surface area contributed by atoms with E-state index in [0.29, 0.717) is 18.6 Å². The SMILES string of the molecule is CCOC(=O)C1(N)CCCC1CCOCCC(C)(C)C. The number of hydrogen-bond acceptors (Lipinski definition) is 4. The Kier molecular flexibility index (Phi) is 6.46. The van der Waals surface area contributed by atoms with Crippen molar-refractivity contribution in [3.05, 3.63) is 0 Å². The summed E-state index contributed by atoms with van der Waals surface area (Å²) in [6.07, 6.45) is 4.63. The third kappa shape index (κ3) is 5.06. The Labute approximate surface area is 123 Å². The number of esters is 1. The summed E-state index contributed by atoms with van der Waals surface area (Å²) in [7, 11) is 0. The molecule has 4 heteroatoms. The normalized spacial score (nSPS) is 26.8. The average Bonchev–Trinajstić information content (AvgIpc) is 2.71. The number of carbonyl (C=O) groups is 1. The van der Waals surface area contributed by atoms with Gasteiger partial charge in [-0.15, -0.1) is 0 Å². The number of rotatable bonds is 7. The van der Waals surface area contributed by atoms with Gasteiger partial charge < -0.3 is 15.2 Å². The lowest BCUT2D eigenvalue weighted by atomic mass is 9.86. The summed E-state index contributed by atoms with van der Waals surface area (Å²) < 4.78 is 10.8. The second-order valence-corrected chi connectivity index (χ2v) is 7.06. The maximum absolute atomic E-state index is 12.0. The molecule has 118 valence electrons. The summed E-state index contributed by atoms with van der Waals surface area (Å²) in [5.41, 5.74) is 5.80. The van der Waals surface area contributed by atoms with Crippen LogP contribution in [-0.4, -0.2) is 31.3 Å². The minimum atomic E-state index is -0.788. The second-order valence-electron chi connectivity index (χ2n) is 7.06. The molecular formula is C16H31NO3. The monoisotopic (exact) mass is 285 g/mol. The molecule has 2 N–H and O–H groups in total. The topological polar surface area (TPSA) is 61.5 Å². The van der Waals surface area contributed by atoms with Crippen LogP contribution in [0.5, 0.6) is 0 Å². The Balaban J connectivity index is 2.33. The molecule has 2 unspecified atom stereocenters. The van der Waals surface area contributed by atoms with E-state index in [1.165, 1.54) is 0 Å². The zero-order chi connectivity index (χ0) is 15.2. The molecule has 0 spiro atoms. The van der Waals surface area contributed by atoms with Crippen LogP contribution in [0.3, 0.4) is 0 Å². The maximum Gasteiger partial charge on any atom is 0.326 e. The van der Waals surface area contributed by atoms with Gasteiger partial charge in [-0.05, 0) is 43.9 Å². The second kappa shape index (κ2) is 7.41. The van der Waals surface area contributed by atoms with Crippen LogP contribution < -0.4 is 5.73 Å². The van der Waals surface area contributed by atoms with Gasteiger partial charge in [-0.3, -0.25) is 4.79 Å². The van der Waals surface area contributed by atoms with Crippen LogP contribution in [0.15, 0.2) is 0 Å². The summed E-state index contributed by atoms with van der Waals surface area (Å²) in [6, 6.07) is 0. The Morgan fingerprint density at radius 2 is 2.05 bits per heavy atom. The summed E-state index contributed by atoms with van der Waals surface area (Å²) in [5, 5.41) is 0. The van der Waals surface area contributed by atoms with Gasteiger partial charge in [-0.2, -0.15) is 0 Å². The molecule has 0 aliphatic heterocycles. The number of nitrogens with two attached hydrogens (primary N) is 1. The molecule has 20 heavy (non-hydrogen) atoms. The van der Waals surface area contributed by atoms with Gasteiger partial charge in [0.2, 0.25) is 0 Å². The van der Waals surface area contributed by atoms with Crippen molar-refractivity contribution >= 4 is 5.97 Å². The molecule has 0 bridgehead atoms. The molecule has 1 saturated carbocycles. The van der Waals surface area contributed by atoms with E-state index < -0.39 is 5.54 Å². The molecule has 1 aliphatic rings. The van der Waals surface area contributed by atoms with E-state index in [2.05, 4.69) is 20.8 Å². The molecule has 0 aromatic heterocycles. The first-order valence-electron chi connectivity index (χ1n) is 7.83. The predicted molar refractivity (Wildman–Crippen MR) is 80.4 cm³/mol. The van der Waals surface area contributed by atoms with Gasteiger partial charge in [0.1, 0.15) is 5.54 Å². The first kappa shape index (κ1) is 17.4. The van der Waals surface area contributed by atoms with Crippen LogP contribution in [0.4, 0.5) is 0 Å². The van der Waals surface area contributed by atoms with Crippen LogP contribution in [0.1, 0.15) is 59.8 Å². The van der Waals surface area contributed by atoms with Gasteiger partial charge in [-0.25, -0.2) is 0 Å². The van der Waals surface area contributed by atoms with E-state index in [9.17, 15) is 4.79 Å². The summed E-state index contributed by atoms with van der Waals surface area (Å²) in [5.74, 6) is -0.0478. The molecule has 4 nitrogen and oxygen atoms in total. The molecule has 2 atom stereocenters. The summed E-state index contributed by atoms with van der Waals surface area (Å²) in [4.78, 5) is 12.0. The zero-order valence-electron chi connectivity index (χ0n) is 13.5. The van der Waals surface area contributed by atoms with Crippen molar-refractivity contribution in [2.75, 3.05) is 19.8 Å². The predicted octanol–water partition coefficient (Wildman–Crippen LogP) is 2.89. The molecule has 0 amide bonds. The smallest absolute Gasteiger partial charge is 0.326 e. The van der Waals surface area contributed by atoms with Crippen molar-refractivity contribution in [1.29, 1.82) is 0 Å². The lowest BCUT2D eigenvalue weighted by Crippen LogP contribution is -2.52. The first-order valence-corrected chi connectivity index (χ1v) is 7.83. The Bertz CT molecular complexity index is 311. The van der Waals surface area contributed by atoms with Crippen molar-refractivity contribution in [2.24, 2.45) is 17.1 Å². The molecule has 0 aromatic rings. The van der Waals surface area contributed by atoms with Crippen molar-refractivity contribution in [3.63, 3.8) is 0 Å². The van der Waals surface area contributed by atoms with E-state index in [1.54, 1.807) is 0 Å². The fourth-order valence-electron chi connectivity index (χ4n) is 2.74. The van der Waals surface area contributed by atoms with Crippen LogP contribution in [0.2, 0.25) is 0 Å². The van der Waals surface area contributed by atoms with Gasteiger partial charge >= 0.3 is 5.97 Å². The molecule has 0 saturated heterocycles.